The van der Waals surface area contributed by atoms with E-state index in [-0.39, 0.29) is 12.5 Å². The first-order valence-electron chi connectivity index (χ1n) is 24.2. The quantitative estimate of drug-likeness (QED) is 0.0428. The summed E-state index contributed by atoms with van der Waals surface area (Å²) in [4.78, 5) is 12.4. The third kappa shape index (κ3) is 41.8. The summed E-state index contributed by atoms with van der Waals surface area (Å²) in [6, 6.07) is -0.536. The van der Waals surface area contributed by atoms with Crippen LogP contribution in [0, 0.1) is 0 Å². The van der Waals surface area contributed by atoms with E-state index >= 15 is 0 Å². The molecule has 2 unspecified atom stereocenters. The zero-order valence-electron chi connectivity index (χ0n) is 36.5. The van der Waals surface area contributed by atoms with E-state index in [9.17, 15) is 15.0 Å². The van der Waals surface area contributed by atoms with Gasteiger partial charge in [0.25, 0.3) is 0 Å². The molecule has 0 spiro atoms. The lowest BCUT2D eigenvalue weighted by molar-refractivity contribution is -0.123. The van der Waals surface area contributed by atoms with Gasteiger partial charge in [-0.15, -0.1) is 0 Å². The van der Waals surface area contributed by atoms with Crippen molar-refractivity contribution >= 4 is 5.91 Å². The normalized spacial score (nSPS) is 13.2. The first kappa shape index (κ1) is 52.6. The Kier molecular flexibility index (Phi) is 44.8. The smallest absolute Gasteiger partial charge is 0.220 e. The van der Waals surface area contributed by atoms with Crippen molar-refractivity contribution in [1.29, 1.82) is 0 Å². The van der Waals surface area contributed by atoms with E-state index < -0.39 is 12.1 Å². The summed E-state index contributed by atoms with van der Waals surface area (Å²) in [7, 11) is 0. The summed E-state index contributed by atoms with van der Waals surface area (Å²) < 4.78 is 0. The van der Waals surface area contributed by atoms with Crippen LogP contribution in [0.25, 0.3) is 0 Å². The van der Waals surface area contributed by atoms with Crippen LogP contribution in [-0.2, 0) is 4.79 Å². The number of amides is 1. The molecule has 0 bridgehead atoms. The van der Waals surface area contributed by atoms with Crippen LogP contribution in [0.5, 0.6) is 0 Å². The molecule has 0 aliphatic rings. The summed E-state index contributed by atoms with van der Waals surface area (Å²) in [6.45, 7) is 4.36. The zero-order valence-corrected chi connectivity index (χ0v) is 36.5. The van der Waals surface area contributed by atoms with E-state index in [1.165, 1.54) is 193 Å². The second-order valence-corrected chi connectivity index (χ2v) is 16.5. The van der Waals surface area contributed by atoms with Crippen molar-refractivity contribution < 1.29 is 15.0 Å². The minimum atomic E-state index is -0.659. The summed E-state index contributed by atoms with van der Waals surface area (Å²) in [6.07, 6.45) is 60.9. The Balaban J connectivity index is 3.49. The number of hydrogen-bond acceptors (Lipinski definition) is 3. The summed E-state index contributed by atoms with van der Waals surface area (Å²) in [5, 5.41) is 23.2. The second kappa shape index (κ2) is 46.0. The molecule has 0 aliphatic carbocycles. The molecule has 0 aromatic rings. The van der Waals surface area contributed by atoms with Gasteiger partial charge < -0.3 is 15.5 Å². The van der Waals surface area contributed by atoms with E-state index in [0.29, 0.717) is 12.8 Å². The Bertz CT molecular complexity index is 821. The number of nitrogens with one attached hydrogen (secondary N) is 1. The van der Waals surface area contributed by atoms with Crippen LogP contribution in [0.3, 0.4) is 0 Å². The lowest BCUT2D eigenvalue weighted by atomic mass is 10.0. The van der Waals surface area contributed by atoms with Gasteiger partial charge in [-0.25, -0.2) is 0 Å². The fourth-order valence-electron chi connectivity index (χ4n) is 7.43. The first-order chi connectivity index (χ1) is 26.7. The summed E-state index contributed by atoms with van der Waals surface area (Å²) in [5.41, 5.74) is 0. The highest BCUT2D eigenvalue weighted by Crippen LogP contribution is 2.16. The SMILES string of the molecule is CCCCCCC/C=C\C/C=C\C/C=C\CCCCCCCCCCCCCCC(=O)NC(CO)C(O)CCCCCCCCCCCCCCCCC. The molecule has 318 valence electrons. The van der Waals surface area contributed by atoms with Gasteiger partial charge in [0, 0.05) is 6.42 Å². The highest BCUT2D eigenvalue weighted by atomic mass is 16.3. The highest BCUT2D eigenvalue weighted by Gasteiger charge is 2.20. The zero-order chi connectivity index (χ0) is 39.3. The Labute approximate surface area is 338 Å². The average Bonchev–Trinajstić information content (AvgIpc) is 3.18. The van der Waals surface area contributed by atoms with Crippen molar-refractivity contribution in [2.45, 2.75) is 270 Å². The van der Waals surface area contributed by atoms with Crippen LogP contribution in [0.2, 0.25) is 0 Å². The molecule has 3 N–H and O–H groups in total. The van der Waals surface area contributed by atoms with E-state index in [1.807, 2.05) is 0 Å². The number of unbranched alkanes of at least 4 members (excludes halogenated alkanes) is 31. The van der Waals surface area contributed by atoms with Gasteiger partial charge in [0.05, 0.1) is 18.8 Å². The highest BCUT2D eigenvalue weighted by molar-refractivity contribution is 5.76. The molecule has 0 radical (unpaired) electrons. The van der Waals surface area contributed by atoms with Crippen LogP contribution in [0.15, 0.2) is 36.5 Å². The molecule has 0 rings (SSSR count). The van der Waals surface area contributed by atoms with Crippen molar-refractivity contribution in [1.82, 2.24) is 5.32 Å². The predicted molar refractivity (Wildman–Crippen MR) is 239 cm³/mol. The standard InChI is InChI=1S/C50H95NO3/c1-3-5-7-9-11-13-15-17-19-20-21-22-23-24-25-26-27-28-29-30-32-34-36-38-40-42-44-46-50(54)51-48(47-52)49(53)45-43-41-39-37-35-33-31-18-16-14-12-10-8-6-4-2/h15,17,20-21,23-24,48-49,52-53H,3-14,16,18-19,22,25-47H2,1-2H3,(H,51,54)/b17-15-,21-20-,24-23-. The van der Waals surface area contributed by atoms with Gasteiger partial charge in [-0.05, 0) is 51.4 Å². The minimum Gasteiger partial charge on any atom is -0.394 e. The molecule has 0 saturated heterocycles. The van der Waals surface area contributed by atoms with Gasteiger partial charge in [-0.3, -0.25) is 4.79 Å². The van der Waals surface area contributed by atoms with Crippen LogP contribution in [0.4, 0.5) is 0 Å². The van der Waals surface area contributed by atoms with Gasteiger partial charge in [0.1, 0.15) is 0 Å². The van der Waals surface area contributed by atoms with Gasteiger partial charge in [-0.2, -0.15) is 0 Å². The monoisotopic (exact) mass is 758 g/mol. The number of carbonyl (C=O) groups excluding carboxylic acids is 1. The maximum atomic E-state index is 12.4. The Morgan fingerprint density at radius 1 is 0.444 bits per heavy atom. The molecule has 2 atom stereocenters. The molecular formula is C50H95NO3. The summed E-state index contributed by atoms with van der Waals surface area (Å²) >= 11 is 0. The lowest BCUT2D eigenvalue weighted by Crippen LogP contribution is -2.45. The molecule has 4 heteroatoms. The van der Waals surface area contributed by atoms with Crippen molar-refractivity contribution in [2.75, 3.05) is 6.61 Å². The van der Waals surface area contributed by atoms with E-state index in [2.05, 4.69) is 55.6 Å². The van der Waals surface area contributed by atoms with Crippen LogP contribution >= 0.6 is 0 Å². The molecule has 0 aromatic heterocycles. The minimum absolute atomic E-state index is 0.0322. The Hall–Kier alpha value is -1.39. The van der Waals surface area contributed by atoms with Gasteiger partial charge in [0.15, 0.2) is 0 Å². The van der Waals surface area contributed by atoms with Crippen LogP contribution in [0.1, 0.15) is 258 Å². The molecule has 54 heavy (non-hydrogen) atoms. The number of allylic oxidation sites excluding steroid dienone is 6. The van der Waals surface area contributed by atoms with E-state index in [1.54, 1.807) is 0 Å². The van der Waals surface area contributed by atoms with Gasteiger partial charge >= 0.3 is 0 Å². The van der Waals surface area contributed by atoms with Gasteiger partial charge in [0.2, 0.25) is 5.91 Å². The maximum Gasteiger partial charge on any atom is 0.220 e. The molecule has 0 saturated carbocycles. The molecule has 0 heterocycles. The third-order valence-corrected chi connectivity index (χ3v) is 11.2. The van der Waals surface area contributed by atoms with E-state index in [0.717, 1.165) is 38.5 Å². The fourth-order valence-corrected chi connectivity index (χ4v) is 7.43. The average molecular weight is 758 g/mol. The van der Waals surface area contributed by atoms with Gasteiger partial charge in [-0.1, -0.05) is 237 Å². The first-order valence-corrected chi connectivity index (χ1v) is 24.2. The maximum absolute atomic E-state index is 12.4. The third-order valence-electron chi connectivity index (χ3n) is 11.2. The predicted octanol–water partition coefficient (Wildman–Crippen LogP) is 15.4. The second-order valence-electron chi connectivity index (χ2n) is 16.5. The molecule has 0 aromatic carbocycles. The van der Waals surface area contributed by atoms with Crippen molar-refractivity contribution in [3.05, 3.63) is 36.5 Å². The number of rotatable bonds is 44. The molecule has 0 aliphatic heterocycles. The molecule has 1 amide bonds. The van der Waals surface area contributed by atoms with Crippen molar-refractivity contribution in [3.8, 4) is 0 Å². The topological polar surface area (TPSA) is 69.6 Å². The Morgan fingerprint density at radius 3 is 1.13 bits per heavy atom. The van der Waals surface area contributed by atoms with Crippen molar-refractivity contribution in [3.63, 3.8) is 0 Å². The van der Waals surface area contributed by atoms with E-state index in [4.69, 9.17) is 0 Å². The number of hydrogen-bond donors (Lipinski definition) is 3. The lowest BCUT2D eigenvalue weighted by Gasteiger charge is -2.22. The summed E-state index contributed by atoms with van der Waals surface area (Å²) in [5.74, 6) is -0.0322. The molecule has 0 fully saturated rings. The number of carbonyl (C=O) groups is 1. The Morgan fingerprint density at radius 2 is 0.759 bits per heavy atom. The van der Waals surface area contributed by atoms with Crippen molar-refractivity contribution in [2.24, 2.45) is 0 Å². The van der Waals surface area contributed by atoms with Crippen LogP contribution < -0.4 is 5.32 Å². The number of aliphatic hydroxyl groups excluding tert-OH is 2. The largest absolute Gasteiger partial charge is 0.394 e. The molecular weight excluding hydrogens is 663 g/mol. The van der Waals surface area contributed by atoms with Crippen LogP contribution in [-0.4, -0.2) is 34.9 Å². The molecule has 4 nitrogen and oxygen atoms in total. The fraction of sp³-hybridized carbons (Fsp3) is 0.860. The number of aliphatic hydroxyl groups is 2.